The van der Waals surface area contributed by atoms with Crippen LogP contribution in [0.1, 0.15) is 33.6 Å². The summed E-state index contributed by atoms with van der Waals surface area (Å²) in [5.41, 5.74) is 0. The van der Waals surface area contributed by atoms with Crippen molar-refractivity contribution in [1.29, 1.82) is 0 Å². The lowest BCUT2D eigenvalue weighted by molar-refractivity contribution is -0.147. The van der Waals surface area contributed by atoms with E-state index in [1.807, 2.05) is 20.8 Å². The number of nitrogens with zero attached hydrogens (tertiary/aromatic N) is 1. The quantitative estimate of drug-likeness (QED) is 0.700. The number of rotatable bonds is 4. The number of carbonyl (C=O) groups is 2. The Balaban J connectivity index is 2.61. The highest BCUT2D eigenvalue weighted by atomic mass is 16.5. The van der Waals surface area contributed by atoms with E-state index >= 15 is 0 Å². The minimum atomic E-state index is -0.178. The van der Waals surface area contributed by atoms with Crippen molar-refractivity contribution in [3.05, 3.63) is 0 Å². The lowest BCUT2D eigenvalue weighted by Gasteiger charge is -2.37. The molecule has 0 aliphatic carbocycles. The number of hydrogen-bond acceptors (Lipinski definition) is 4. The summed E-state index contributed by atoms with van der Waals surface area (Å²) < 4.78 is 4.77. The van der Waals surface area contributed by atoms with Crippen molar-refractivity contribution in [3.63, 3.8) is 0 Å². The number of piperidine rings is 1. The molecular formula is C13H23NO3. The van der Waals surface area contributed by atoms with Gasteiger partial charge in [-0.3, -0.25) is 14.5 Å². The molecule has 0 radical (unpaired) electrons. The molecule has 0 bridgehead atoms. The summed E-state index contributed by atoms with van der Waals surface area (Å²) in [7, 11) is 1.42. The average Bonchev–Trinajstić information content (AvgIpc) is 2.36. The van der Waals surface area contributed by atoms with Crippen LogP contribution in [0.5, 0.6) is 0 Å². The van der Waals surface area contributed by atoms with Crippen molar-refractivity contribution < 1.29 is 14.3 Å². The van der Waals surface area contributed by atoms with Gasteiger partial charge in [-0.05, 0) is 13.3 Å². The number of methoxy groups -OCH3 is 1. The highest BCUT2D eigenvalue weighted by Crippen LogP contribution is 2.21. The highest BCUT2D eigenvalue weighted by Gasteiger charge is 2.32. The third kappa shape index (κ3) is 3.28. The van der Waals surface area contributed by atoms with E-state index < -0.39 is 0 Å². The van der Waals surface area contributed by atoms with Crippen LogP contribution in [0.3, 0.4) is 0 Å². The first-order valence-corrected chi connectivity index (χ1v) is 6.35. The predicted molar refractivity (Wildman–Crippen MR) is 65.6 cm³/mol. The van der Waals surface area contributed by atoms with Gasteiger partial charge < -0.3 is 4.74 Å². The molecule has 1 aliphatic heterocycles. The van der Waals surface area contributed by atoms with Gasteiger partial charge in [0.1, 0.15) is 5.78 Å². The van der Waals surface area contributed by atoms with Crippen LogP contribution in [-0.2, 0) is 14.3 Å². The zero-order valence-corrected chi connectivity index (χ0v) is 11.2. The Kier molecular flexibility index (Phi) is 5.12. The third-order valence-electron chi connectivity index (χ3n) is 3.92. The summed E-state index contributed by atoms with van der Waals surface area (Å²) in [6.07, 6.45) is 1.49. The van der Waals surface area contributed by atoms with Crippen LogP contribution in [0.15, 0.2) is 0 Å². The Labute approximate surface area is 103 Å². The molecule has 1 fully saturated rings. The molecule has 0 aromatic rings. The first-order valence-electron chi connectivity index (χ1n) is 6.35. The number of likely N-dealkylation sites (tertiary alicyclic amines) is 1. The van der Waals surface area contributed by atoms with Crippen molar-refractivity contribution in [1.82, 2.24) is 4.90 Å². The zero-order valence-electron chi connectivity index (χ0n) is 11.2. The lowest BCUT2D eigenvalue weighted by Crippen LogP contribution is -2.48. The van der Waals surface area contributed by atoms with Gasteiger partial charge >= 0.3 is 5.97 Å². The van der Waals surface area contributed by atoms with Crippen molar-refractivity contribution in [3.8, 4) is 0 Å². The minimum Gasteiger partial charge on any atom is -0.469 e. The molecule has 3 unspecified atom stereocenters. The molecular weight excluding hydrogens is 218 g/mol. The summed E-state index contributed by atoms with van der Waals surface area (Å²) >= 11 is 0. The van der Waals surface area contributed by atoms with E-state index in [1.54, 1.807) is 0 Å². The molecule has 1 aliphatic rings. The molecule has 4 nitrogen and oxygen atoms in total. The second kappa shape index (κ2) is 6.15. The fraction of sp³-hybridized carbons (Fsp3) is 0.846. The van der Waals surface area contributed by atoms with Crippen LogP contribution >= 0.6 is 0 Å². The monoisotopic (exact) mass is 241 g/mol. The van der Waals surface area contributed by atoms with Crippen LogP contribution in [0.25, 0.3) is 0 Å². The number of ketones is 1. The molecule has 1 saturated heterocycles. The smallest absolute Gasteiger partial charge is 0.309 e. The van der Waals surface area contributed by atoms with Gasteiger partial charge in [-0.2, -0.15) is 0 Å². The van der Waals surface area contributed by atoms with Gasteiger partial charge in [-0.1, -0.05) is 13.8 Å². The molecule has 4 heteroatoms. The van der Waals surface area contributed by atoms with E-state index in [4.69, 9.17) is 4.74 Å². The maximum Gasteiger partial charge on any atom is 0.309 e. The molecule has 0 amide bonds. The Bertz CT molecular complexity index is 290. The summed E-state index contributed by atoms with van der Waals surface area (Å²) in [6, 6.07) is 0.129. The maximum absolute atomic E-state index is 11.6. The SMILES string of the molecule is CCC1CN(C(C)C(C)C(=O)OC)CCC1=O. The van der Waals surface area contributed by atoms with Gasteiger partial charge in [0.2, 0.25) is 0 Å². The second-order valence-corrected chi connectivity index (χ2v) is 4.87. The zero-order chi connectivity index (χ0) is 13.0. The van der Waals surface area contributed by atoms with Crippen molar-refractivity contribution in [2.75, 3.05) is 20.2 Å². The first-order chi connectivity index (χ1) is 8.01. The van der Waals surface area contributed by atoms with Gasteiger partial charge in [0.15, 0.2) is 0 Å². The van der Waals surface area contributed by atoms with E-state index in [9.17, 15) is 9.59 Å². The summed E-state index contributed by atoms with van der Waals surface area (Å²) in [6.45, 7) is 7.49. The average molecular weight is 241 g/mol. The molecule has 98 valence electrons. The van der Waals surface area contributed by atoms with E-state index in [0.717, 1.165) is 19.5 Å². The first kappa shape index (κ1) is 14.2. The molecule has 3 atom stereocenters. The standard InChI is InChI=1S/C13H23NO3/c1-5-11-8-14(7-6-12(11)15)10(3)9(2)13(16)17-4/h9-11H,5-8H2,1-4H3. The largest absolute Gasteiger partial charge is 0.469 e. The Hall–Kier alpha value is -0.900. The minimum absolute atomic E-state index is 0.129. The normalized spacial score (nSPS) is 25.4. The topological polar surface area (TPSA) is 46.6 Å². The van der Waals surface area contributed by atoms with E-state index in [1.165, 1.54) is 7.11 Å². The van der Waals surface area contributed by atoms with E-state index in [0.29, 0.717) is 12.2 Å². The molecule has 17 heavy (non-hydrogen) atoms. The molecule has 1 heterocycles. The van der Waals surface area contributed by atoms with Crippen molar-refractivity contribution >= 4 is 11.8 Å². The fourth-order valence-corrected chi connectivity index (χ4v) is 2.36. The highest BCUT2D eigenvalue weighted by molar-refractivity contribution is 5.82. The van der Waals surface area contributed by atoms with Gasteiger partial charge in [0.25, 0.3) is 0 Å². The molecule has 0 N–H and O–H groups in total. The number of esters is 1. The Morgan fingerprint density at radius 2 is 2.18 bits per heavy atom. The van der Waals surface area contributed by atoms with Crippen LogP contribution in [-0.4, -0.2) is 42.9 Å². The van der Waals surface area contributed by atoms with Gasteiger partial charge in [0.05, 0.1) is 13.0 Å². The molecule has 1 rings (SSSR count). The molecule has 0 spiro atoms. The van der Waals surface area contributed by atoms with Gasteiger partial charge in [-0.15, -0.1) is 0 Å². The van der Waals surface area contributed by atoms with E-state index in [-0.39, 0.29) is 23.8 Å². The predicted octanol–water partition coefficient (Wildman–Crippen LogP) is 1.49. The van der Waals surface area contributed by atoms with Gasteiger partial charge in [-0.25, -0.2) is 0 Å². The Morgan fingerprint density at radius 1 is 1.53 bits per heavy atom. The fourth-order valence-electron chi connectivity index (χ4n) is 2.36. The summed E-state index contributed by atoms with van der Waals surface area (Å²) in [5, 5.41) is 0. The van der Waals surface area contributed by atoms with Crippen molar-refractivity contribution in [2.24, 2.45) is 11.8 Å². The lowest BCUT2D eigenvalue weighted by atomic mass is 9.91. The van der Waals surface area contributed by atoms with Crippen LogP contribution in [0.2, 0.25) is 0 Å². The number of carbonyl (C=O) groups excluding carboxylic acids is 2. The third-order valence-corrected chi connectivity index (χ3v) is 3.92. The molecule has 0 saturated carbocycles. The van der Waals surface area contributed by atoms with E-state index in [2.05, 4.69) is 4.90 Å². The van der Waals surface area contributed by atoms with Gasteiger partial charge in [0, 0.05) is 31.5 Å². The van der Waals surface area contributed by atoms with Crippen molar-refractivity contribution in [2.45, 2.75) is 39.7 Å². The number of Topliss-reactive ketones (excluding diaryl/α,β-unsaturated/α-hetero) is 1. The summed E-state index contributed by atoms with van der Waals surface area (Å²) in [4.78, 5) is 25.4. The second-order valence-electron chi connectivity index (χ2n) is 4.87. The number of ether oxygens (including phenoxy) is 1. The Morgan fingerprint density at radius 3 is 2.71 bits per heavy atom. The van der Waals surface area contributed by atoms with Crippen LogP contribution in [0, 0.1) is 11.8 Å². The molecule has 0 aromatic heterocycles. The summed E-state index contributed by atoms with van der Waals surface area (Å²) in [5.74, 6) is 0.172. The van der Waals surface area contributed by atoms with Crippen LogP contribution in [0.4, 0.5) is 0 Å². The maximum atomic E-state index is 11.6. The number of hydrogen-bond donors (Lipinski definition) is 0. The van der Waals surface area contributed by atoms with Crippen LogP contribution < -0.4 is 0 Å². The molecule has 0 aromatic carbocycles.